The van der Waals surface area contributed by atoms with Gasteiger partial charge >= 0.3 is 0 Å². The number of anilines is 1. The second kappa shape index (κ2) is 5.44. The van der Waals surface area contributed by atoms with Crippen LogP contribution in [-0.4, -0.2) is 19.3 Å². The molecule has 108 valence electrons. The van der Waals surface area contributed by atoms with Crippen LogP contribution in [0.25, 0.3) is 11.4 Å². The monoisotopic (exact) mass is 281 g/mol. The van der Waals surface area contributed by atoms with Crippen molar-refractivity contribution in [3.63, 3.8) is 0 Å². The standard InChI is InChI=1S/C16H19N5/c1-3-14-10-15(20(2)19-14)11-21-8-7-18-16(21)12-5-4-6-13(17)9-12/h4-10H,3,11,17H2,1-2H3. The highest BCUT2D eigenvalue weighted by Gasteiger charge is 2.10. The summed E-state index contributed by atoms with van der Waals surface area (Å²) in [6.07, 6.45) is 4.74. The van der Waals surface area contributed by atoms with E-state index < -0.39 is 0 Å². The smallest absolute Gasteiger partial charge is 0.140 e. The summed E-state index contributed by atoms with van der Waals surface area (Å²) in [5.74, 6) is 0.918. The number of hydrogen-bond acceptors (Lipinski definition) is 3. The summed E-state index contributed by atoms with van der Waals surface area (Å²) in [6, 6.07) is 9.94. The predicted molar refractivity (Wildman–Crippen MR) is 83.8 cm³/mol. The molecule has 0 spiro atoms. The number of nitrogen functional groups attached to an aromatic ring is 1. The molecule has 0 saturated heterocycles. The fourth-order valence-electron chi connectivity index (χ4n) is 2.44. The van der Waals surface area contributed by atoms with Gasteiger partial charge in [-0.2, -0.15) is 5.10 Å². The van der Waals surface area contributed by atoms with E-state index in [1.54, 1.807) is 0 Å². The number of rotatable bonds is 4. The Morgan fingerprint density at radius 3 is 2.81 bits per heavy atom. The molecular formula is C16H19N5. The van der Waals surface area contributed by atoms with Crippen LogP contribution in [-0.2, 0) is 20.0 Å². The molecule has 0 aliphatic carbocycles. The van der Waals surface area contributed by atoms with E-state index in [4.69, 9.17) is 5.73 Å². The van der Waals surface area contributed by atoms with Gasteiger partial charge in [-0.15, -0.1) is 0 Å². The summed E-state index contributed by atoms with van der Waals surface area (Å²) in [5.41, 5.74) is 9.91. The molecule has 1 aromatic carbocycles. The van der Waals surface area contributed by atoms with E-state index >= 15 is 0 Å². The number of aromatic nitrogens is 4. The van der Waals surface area contributed by atoms with E-state index in [9.17, 15) is 0 Å². The Labute approximate surface area is 124 Å². The van der Waals surface area contributed by atoms with Gasteiger partial charge in [0.2, 0.25) is 0 Å². The maximum atomic E-state index is 5.86. The van der Waals surface area contributed by atoms with Gasteiger partial charge < -0.3 is 10.3 Å². The van der Waals surface area contributed by atoms with E-state index in [1.807, 2.05) is 48.4 Å². The highest BCUT2D eigenvalue weighted by atomic mass is 15.3. The average molecular weight is 281 g/mol. The minimum atomic E-state index is 0.744. The molecule has 5 nitrogen and oxygen atoms in total. The molecule has 0 aliphatic rings. The molecule has 0 amide bonds. The van der Waals surface area contributed by atoms with Crippen LogP contribution in [0.1, 0.15) is 18.3 Å². The zero-order chi connectivity index (χ0) is 14.8. The first-order chi connectivity index (χ1) is 10.2. The largest absolute Gasteiger partial charge is 0.399 e. The van der Waals surface area contributed by atoms with E-state index in [2.05, 4.69) is 27.6 Å². The molecule has 0 bridgehead atoms. The maximum absolute atomic E-state index is 5.86. The van der Waals surface area contributed by atoms with Crippen LogP contribution < -0.4 is 5.73 Å². The molecular weight excluding hydrogens is 262 g/mol. The SMILES string of the molecule is CCc1cc(Cn2ccnc2-c2cccc(N)c2)n(C)n1. The second-order valence-electron chi connectivity index (χ2n) is 5.11. The first-order valence-electron chi connectivity index (χ1n) is 7.06. The number of benzene rings is 1. The van der Waals surface area contributed by atoms with Crippen molar-refractivity contribution in [3.05, 3.63) is 54.1 Å². The summed E-state index contributed by atoms with van der Waals surface area (Å²) in [7, 11) is 1.98. The highest BCUT2D eigenvalue weighted by Crippen LogP contribution is 2.21. The summed E-state index contributed by atoms with van der Waals surface area (Å²) >= 11 is 0. The fraction of sp³-hybridized carbons (Fsp3) is 0.250. The fourth-order valence-corrected chi connectivity index (χ4v) is 2.44. The molecule has 21 heavy (non-hydrogen) atoms. The predicted octanol–water partition coefficient (Wildman–Crippen LogP) is 2.48. The van der Waals surface area contributed by atoms with Gasteiger partial charge in [-0.3, -0.25) is 4.68 Å². The Balaban J connectivity index is 1.94. The van der Waals surface area contributed by atoms with Gasteiger partial charge in [0.1, 0.15) is 5.82 Å². The minimum absolute atomic E-state index is 0.744. The molecule has 0 aliphatic heterocycles. The molecule has 0 fully saturated rings. The zero-order valence-electron chi connectivity index (χ0n) is 12.3. The lowest BCUT2D eigenvalue weighted by Crippen LogP contribution is -2.06. The number of imidazole rings is 1. The van der Waals surface area contributed by atoms with Gasteiger partial charge in [0, 0.05) is 30.7 Å². The van der Waals surface area contributed by atoms with Crippen molar-refractivity contribution in [3.8, 4) is 11.4 Å². The van der Waals surface area contributed by atoms with Gasteiger partial charge in [0.25, 0.3) is 0 Å². The van der Waals surface area contributed by atoms with Crippen LogP contribution >= 0.6 is 0 Å². The van der Waals surface area contributed by atoms with Gasteiger partial charge in [-0.25, -0.2) is 4.98 Å². The molecule has 0 radical (unpaired) electrons. The number of nitrogens with two attached hydrogens (primary N) is 1. The number of nitrogens with zero attached hydrogens (tertiary/aromatic N) is 4. The van der Waals surface area contributed by atoms with Crippen molar-refractivity contribution in [1.29, 1.82) is 0 Å². The van der Waals surface area contributed by atoms with Crippen LogP contribution in [0.5, 0.6) is 0 Å². The van der Waals surface area contributed by atoms with Crippen LogP contribution in [0.3, 0.4) is 0 Å². The number of aryl methyl sites for hydroxylation is 2. The molecule has 2 aromatic heterocycles. The first-order valence-corrected chi connectivity index (χ1v) is 7.06. The third-order valence-corrected chi connectivity index (χ3v) is 3.58. The molecule has 0 saturated carbocycles. The van der Waals surface area contributed by atoms with Crippen molar-refractivity contribution in [1.82, 2.24) is 19.3 Å². The minimum Gasteiger partial charge on any atom is -0.399 e. The van der Waals surface area contributed by atoms with Crippen molar-refractivity contribution in [2.24, 2.45) is 7.05 Å². The van der Waals surface area contributed by atoms with Crippen molar-refractivity contribution in [2.45, 2.75) is 19.9 Å². The van der Waals surface area contributed by atoms with Crippen LogP contribution in [0.4, 0.5) is 5.69 Å². The van der Waals surface area contributed by atoms with Gasteiger partial charge in [0.05, 0.1) is 17.9 Å². The molecule has 2 N–H and O–H groups in total. The second-order valence-corrected chi connectivity index (χ2v) is 5.11. The topological polar surface area (TPSA) is 61.7 Å². The van der Waals surface area contributed by atoms with E-state index in [-0.39, 0.29) is 0 Å². The van der Waals surface area contributed by atoms with Crippen molar-refractivity contribution < 1.29 is 0 Å². The van der Waals surface area contributed by atoms with Crippen molar-refractivity contribution >= 4 is 5.69 Å². The lowest BCUT2D eigenvalue weighted by atomic mass is 10.2. The molecule has 0 atom stereocenters. The quantitative estimate of drug-likeness (QED) is 0.747. The third-order valence-electron chi connectivity index (χ3n) is 3.58. The molecule has 5 heteroatoms. The Morgan fingerprint density at radius 2 is 2.10 bits per heavy atom. The molecule has 3 rings (SSSR count). The number of hydrogen-bond donors (Lipinski definition) is 1. The molecule has 3 aromatic rings. The Bertz CT molecular complexity index is 754. The normalized spacial score (nSPS) is 11.0. The summed E-state index contributed by atoms with van der Waals surface area (Å²) < 4.78 is 4.05. The summed E-state index contributed by atoms with van der Waals surface area (Å²) in [5, 5.41) is 4.49. The lowest BCUT2D eigenvalue weighted by Gasteiger charge is -2.08. The van der Waals surface area contributed by atoms with Crippen LogP contribution in [0.2, 0.25) is 0 Å². The average Bonchev–Trinajstić information content (AvgIpc) is 3.07. The maximum Gasteiger partial charge on any atom is 0.140 e. The van der Waals surface area contributed by atoms with E-state index in [0.717, 1.165) is 41.4 Å². The molecule has 2 heterocycles. The van der Waals surface area contributed by atoms with Crippen LogP contribution in [0.15, 0.2) is 42.7 Å². The van der Waals surface area contributed by atoms with Gasteiger partial charge in [-0.1, -0.05) is 19.1 Å². The van der Waals surface area contributed by atoms with Crippen LogP contribution in [0, 0.1) is 0 Å². The zero-order valence-corrected chi connectivity index (χ0v) is 12.3. The van der Waals surface area contributed by atoms with Gasteiger partial charge in [0.15, 0.2) is 0 Å². The summed E-state index contributed by atoms with van der Waals surface area (Å²) in [4.78, 5) is 4.46. The lowest BCUT2D eigenvalue weighted by molar-refractivity contribution is 0.663. The Hall–Kier alpha value is -2.56. The Kier molecular flexibility index (Phi) is 3.48. The van der Waals surface area contributed by atoms with Gasteiger partial charge in [-0.05, 0) is 24.6 Å². The van der Waals surface area contributed by atoms with E-state index in [1.165, 1.54) is 0 Å². The van der Waals surface area contributed by atoms with E-state index in [0.29, 0.717) is 0 Å². The van der Waals surface area contributed by atoms with Crippen molar-refractivity contribution in [2.75, 3.05) is 5.73 Å². The Morgan fingerprint density at radius 1 is 1.24 bits per heavy atom. The molecule has 0 unspecified atom stereocenters. The highest BCUT2D eigenvalue weighted by molar-refractivity contribution is 5.61. The third kappa shape index (κ3) is 2.67. The summed E-state index contributed by atoms with van der Waals surface area (Å²) in [6.45, 7) is 2.86. The first kappa shape index (κ1) is 13.4.